The smallest absolute Gasteiger partial charge is 0.362 e. The topological polar surface area (TPSA) is 163 Å². The molecular weight excluding hydrogens is 422 g/mol. The minimum Gasteiger partial charge on any atom is -0.493 e. The quantitative estimate of drug-likeness (QED) is 0.418. The van der Waals surface area contributed by atoms with Crippen molar-refractivity contribution in [1.82, 2.24) is 10.2 Å². The number of aromatic amines is 1. The average molecular weight is 434 g/mol. The Bertz CT molecular complexity index is 1150. The summed E-state index contributed by atoms with van der Waals surface area (Å²) in [7, 11) is 1.44. The third kappa shape index (κ3) is 4.28. The molecule has 0 aliphatic carbocycles. The highest BCUT2D eigenvalue weighted by Gasteiger charge is 2.26. The van der Waals surface area contributed by atoms with Gasteiger partial charge in [-0.25, -0.2) is 0 Å². The van der Waals surface area contributed by atoms with E-state index in [1.165, 1.54) is 13.2 Å². The maximum absolute atomic E-state index is 12.4. The van der Waals surface area contributed by atoms with E-state index in [4.69, 9.17) is 21.1 Å². The Morgan fingerprint density at radius 3 is 2.43 bits per heavy atom. The van der Waals surface area contributed by atoms with E-state index in [1.54, 1.807) is 24.3 Å². The number of anilines is 1. The van der Waals surface area contributed by atoms with Gasteiger partial charge in [-0.1, -0.05) is 28.8 Å². The van der Waals surface area contributed by atoms with Crippen molar-refractivity contribution in [3.8, 4) is 17.2 Å². The lowest BCUT2D eigenvalue weighted by Crippen LogP contribution is -2.13. The maximum atomic E-state index is 12.4. The Morgan fingerprint density at radius 1 is 1.13 bits per heavy atom. The first-order valence-corrected chi connectivity index (χ1v) is 8.48. The molecule has 3 aromatic rings. The van der Waals surface area contributed by atoms with Gasteiger partial charge in [0.15, 0.2) is 22.2 Å². The minimum atomic E-state index is -0.909. The number of para-hydroxylation sites is 2. The summed E-state index contributed by atoms with van der Waals surface area (Å²) in [4.78, 5) is 33.0. The van der Waals surface area contributed by atoms with E-state index in [-0.39, 0.29) is 17.1 Å². The summed E-state index contributed by atoms with van der Waals surface area (Å²) in [6, 6.07) is 10.2. The van der Waals surface area contributed by atoms with Gasteiger partial charge in [-0.3, -0.25) is 14.9 Å². The largest absolute Gasteiger partial charge is 0.493 e. The first-order chi connectivity index (χ1) is 14.3. The Morgan fingerprint density at radius 2 is 1.83 bits per heavy atom. The lowest BCUT2D eigenvalue weighted by Gasteiger charge is -2.11. The summed E-state index contributed by atoms with van der Waals surface area (Å²) in [6.07, 6.45) is 0. The number of rotatable bonds is 7. The number of nitrogens with one attached hydrogen (secondary N) is 2. The lowest BCUT2D eigenvalue weighted by molar-refractivity contribution is -0.389. The maximum Gasteiger partial charge on any atom is 0.362 e. The summed E-state index contributed by atoms with van der Waals surface area (Å²) < 4.78 is 10.8. The molecule has 0 saturated carbocycles. The molecule has 154 valence electrons. The van der Waals surface area contributed by atoms with E-state index in [9.17, 15) is 25.0 Å². The fraction of sp³-hybridized carbons (Fsp3) is 0.0588. The first-order valence-electron chi connectivity index (χ1n) is 8.10. The number of nitrogens with zero attached hydrogens (tertiary/aromatic N) is 3. The van der Waals surface area contributed by atoms with Crippen molar-refractivity contribution < 1.29 is 24.1 Å². The predicted octanol–water partition coefficient (Wildman–Crippen LogP) is 3.93. The molecule has 0 bridgehead atoms. The molecule has 2 N–H and O–H groups in total. The number of aromatic nitrogens is 2. The molecule has 0 spiro atoms. The Hall–Kier alpha value is -4.19. The fourth-order valence-corrected chi connectivity index (χ4v) is 2.67. The third-order valence-electron chi connectivity index (χ3n) is 3.74. The summed E-state index contributed by atoms with van der Waals surface area (Å²) in [6.45, 7) is 0. The second-order valence-corrected chi connectivity index (χ2v) is 6.05. The number of hydrogen-bond acceptors (Lipinski definition) is 8. The predicted molar refractivity (Wildman–Crippen MR) is 104 cm³/mol. The number of ether oxygens (including phenoxy) is 2. The first kappa shape index (κ1) is 20.5. The van der Waals surface area contributed by atoms with Crippen molar-refractivity contribution in [3.05, 3.63) is 73.4 Å². The van der Waals surface area contributed by atoms with E-state index in [0.717, 1.165) is 12.1 Å². The van der Waals surface area contributed by atoms with Crippen molar-refractivity contribution in [2.45, 2.75) is 0 Å². The van der Waals surface area contributed by atoms with Crippen molar-refractivity contribution in [2.75, 3.05) is 12.4 Å². The molecule has 1 heterocycles. The van der Waals surface area contributed by atoms with Gasteiger partial charge >= 0.3 is 5.82 Å². The number of methoxy groups -OCH3 is 1. The van der Waals surface area contributed by atoms with Crippen LogP contribution in [0.4, 0.5) is 17.2 Å². The van der Waals surface area contributed by atoms with Crippen LogP contribution in [0.15, 0.2) is 42.5 Å². The highest BCUT2D eigenvalue weighted by molar-refractivity contribution is 6.35. The monoisotopic (exact) mass is 433 g/mol. The van der Waals surface area contributed by atoms with Crippen molar-refractivity contribution in [2.24, 2.45) is 0 Å². The van der Waals surface area contributed by atoms with Gasteiger partial charge in [0, 0.05) is 12.1 Å². The van der Waals surface area contributed by atoms with Crippen LogP contribution in [0.5, 0.6) is 17.2 Å². The molecule has 0 saturated heterocycles. The standard InChI is InChI=1S/C17H12ClN5O7/c1-29-12-4-2-3-5-13(12)30-11-7-9(6-10(8-11)22(25)26)19-17(24)15-14(18)16(21-20-15)23(27)28/h2-8H,1H3,(H,19,24)(H,20,21). The number of H-pyrrole nitrogens is 1. The van der Waals surface area contributed by atoms with Crippen LogP contribution < -0.4 is 14.8 Å². The Labute approximate surface area is 172 Å². The van der Waals surface area contributed by atoms with Crippen molar-refractivity contribution >= 4 is 34.7 Å². The van der Waals surface area contributed by atoms with Gasteiger partial charge in [-0.2, -0.15) is 0 Å². The summed E-state index contributed by atoms with van der Waals surface area (Å²) >= 11 is 5.79. The van der Waals surface area contributed by atoms with Crippen molar-refractivity contribution in [3.63, 3.8) is 0 Å². The summed E-state index contributed by atoms with van der Waals surface area (Å²) in [5, 5.41) is 29.5. The number of hydrogen-bond donors (Lipinski definition) is 2. The Balaban J connectivity index is 1.92. The zero-order valence-electron chi connectivity index (χ0n) is 15.1. The molecule has 30 heavy (non-hydrogen) atoms. The van der Waals surface area contributed by atoms with Gasteiger partial charge in [0.05, 0.1) is 23.8 Å². The number of non-ortho nitro benzene ring substituents is 1. The molecule has 0 atom stereocenters. The number of halogens is 1. The molecule has 2 aromatic carbocycles. The molecule has 1 amide bonds. The van der Waals surface area contributed by atoms with Gasteiger partial charge in [-0.15, -0.1) is 5.10 Å². The van der Waals surface area contributed by atoms with Gasteiger partial charge < -0.3 is 24.9 Å². The zero-order chi connectivity index (χ0) is 21.8. The van der Waals surface area contributed by atoms with E-state index < -0.39 is 32.3 Å². The van der Waals surface area contributed by atoms with E-state index >= 15 is 0 Å². The Kier molecular flexibility index (Phi) is 5.78. The van der Waals surface area contributed by atoms with Crippen LogP contribution in [0.1, 0.15) is 10.5 Å². The molecule has 0 radical (unpaired) electrons. The number of nitro benzene ring substituents is 1. The van der Waals surface area contributed by atoms with Crippen LogP contribution in [-0.4, -0.2) is 33.1 Å². The van der Waals surface area contributed by atoms with E-state index in [1.807, 2.05) is 5.10 Å². The summed E-state index contributed by atoms with van der Waals surface area (Å²) in [5.41, 5.74) is -0.820. The number of carbonyl (C=O) groups excluding carboxylic acids is 1. The number of amides is 1. The van der Waals surface area contributed by atoms with Crippen LogP contribution in [0, 0.1) is 20.2 Å². The fourth-order valence-electron chi connectivity index (χ4n) is 2.43. The van der Waals surface area contributed by atoms with Gasteiger partial charge in [0.25, 0.3) is 11.6 Å². The molecule has 1 aromatic heterocycles. The van der Waals surface area contributed by atoms with E-state index in [2.05, 4.69) is 10.4 Å². The summed E-state index contributed by atoms with van der Waals surface area (Å²) in [5.74, 6) is -0.828. The second kappa shape index (κ2) is 8.45. The number of benzene rings is 2. The number of nitro groups is 2. The second-order valence-electron chi connectivity index (χ2n) is 5.67. The number of carbonyl (C=O) groups is 1. The van der Waals surface area contributed by atoms with Crippen molar-refractivity contribution in [1.29, 1.82) is 0 Å². The van der Waals surface area contributed by atoms with Crippen LogP contribution in [0.25, 0.3) is 0 Å². The minimum absolute atomic E-state index is 0.0131. The third-order valence-corrected chi connectivity index (χ3v) is 4.10. The molecule has 3 rings (SSSR count). The van der Waals surface area contributed by atoms with Gasteiger partial charge in [0.1, 0.15) is 5.75 Å². The van der Waals surface area contributed by atoms with Gasteiger partial charge in [-0.05, 0) is 17.1 Å². The van der Waals surface area contributed by atoms with Gasteiger partial charge in [0.2, 0.25) is 0 Å². The molecule has 0 unspecified atom stereocenters. The van der Waals surface area contributed by atoms with Crippen LogP contribution >= 0.6 is 11.6 Å². The highest BCUT2D eigenvalue weighted by atomic mass is 35.5. The normalized spacial score (nSPS) is 10.3. The lowest BCUT2D eigenvalue weighted by atomic mass is 10.2. The molecule has 0 fully saturated rings. The molecule has 12 nitrogen and oxygen atoms in total. The van der Waals surface area contributed by atoms with E-state index in [0.29, 0.717) is 11.5 Å². The van der Waals surface area contributed by atoms with Crippen LogP contribution in [-0.2, 0) is 0 Å². The zero-order valence-corrected chi connectivity index (χ0v) is 15.9. The molecule has 0 aliphatic rings. The highest BCUT2D eigenvalue weighted by Crippen LogP contribution is 2.34. The SMILES string of the molecule is COc1ccccc1Oc1cc(NC(=O)c2n[nH]c([N+](=O)[O-])c2Cl)cc([N+](=O)[O-])c1. The molecular formula is C17H12ClN5O7. The van der Waals surface area contributed by atoms with Crippen LogP contribution in [0.2, 0.25) is 5.02 Å². The van der Waals surface area contributed by atoms with Crippen LogP contribution in [0.3, 0.4) is 0 Å². The average Bonchev–Trinajstić information content (AvgIpc) is 3.10. The molecule has 0 aliphatic heterocycles. The molecule has 13 heteroatoms.